The van der Waals surface area contributed by atoms with Crippen LogP contribution in [0, 0.1) is 13.8 Å². The van der Waals surface area contributed by atoms with E-state index in [1.807, 2.05) is 13.8 Å². The van der Waals surface area contributed by atoms with E-state index in [2.05, 4.69) is 36.3 Å². The summed E-state index contributed by atoms with van der Waals surface area (Å²) in [6, 6.07) is 0. The highest BCUT2D eigenvalue weighted by Gasteiger charge is 2.14. The topological polar surface area (TPSA) is 55.6 Å². The molecule has 0 bridgehead atoms. The molecule has 2 aromatic rings. The molecule has 0 atom stereocenters. The Kier molecular flexibility index (Phi) is 3.35. The molecule has 0 aromatic carbocycles. The van der Waals surface area contributed by atoms with E-state index in [1.54, 1.807) is 17.9 Å². The van der Waals surface area contributed by atoms with Crippen molar-refractivity contribution in [3.63, 3.8) is 0 Å². The maximum atomic E-state index is 6.09. The second-order valence-corrected chi connectivity index (χ2v) is 4.71. The van der Waals surface area contributed by atoms with E-state index in [4.69, 9.17) is 11.6 Å². The highest BCUT2D eigenvalue weighted by Crippen LogP contribution is 2.25. The van der Waals surface area contributed by atoms with Gasteiger partial charge < -0.3 is 5.32 Å². The molecule has 90 valence electrons. The lowest BCUT2D eigenvalue weighted by molar-refractivity contribution is 0.802. The summed E-state index contributed by atoms with van der Waals surface area (Å²) in [4.78, 5) is 8.34. The molecule has 0 fully saturated rings. The molecule has 0 spiro atoms. The third-order valence-corrected chi connectivity index (χ3v) is 3.77. The Morgan fingerprint density at radius 3 is 2.65 bits per heavy atom. The predicted octanol–water partition coefficient (Wildman–Crippen LogP) is 2.74. The third kappa shape index (κ3) is 2.14. The first kappa shape index (κ1) is 12.3. The summed E-state index contributed by atoms with van der Waals surface area (Å²) in [6.07, 6.45) is 1.56. The van der Waals surface area contributed by atoms with E-state index in [0.29, 0.717) is 16.8 Å². The average molecular weight is 317 g/mol. The minimum absolute atomic E-state index is 0.460. The zero-order chi connectivity index (χ0) is 12.6. The van der Waals surface area contributed by atoms with E-state index in [9.17, 15) is 0 Å². The van der Waals surface area contributed by atoms with Crippen molar-refractivity contribution in [3.05, 3.63) is 27.1 Å². The molecule has 0 radical (unpaired) electrons. The van der Waals surface area contributed by atoms with Crippen LogP contribution in [0.25, 0.3) is 5.82 Å². The Labute approximate surface area is 112 Å². The molecule has 2 aromatic heterocycles. The van der Waals surface area contributed by atoms with Crippen molar-refractivity contribution in [2.45, 2.75) is 13.8 Å². The fourth-order valence-corrected chi connectivity index (χ4v) is 1.88. The first-order valence-corrected chi connectivity index (χ1v) is 6.14. The van der Waals surface area contributed by atoms with Crippen LogP contribution in [-0.4, -0.2) is 26.8 Å². The summed E-state index contributed by atoms with van der Waals surface area (Å²) >= 11 is 9.56. The van der Waals surface area contributed by atoms with Gasteiger partial charge in [0.1, 0.15) is 5.02 Å². The number of hydrogen-bond donors (Lipinski definition) is 1. The lowest BCUT2D eigenvalue weighted by Gasteiger charge is -2.07. The van der Waals surface area contributed by atoms with Gasteiger partial charge in [-0.3, -0.25) is 0 Å². The van der Waals surface area contributed by atoms with Gasteiger partial charge in [0.25, 0.3) is 0 Å². The zero-order valence-electron chi connectivity index (χ0n) is 9.62. The smallest absolute Gasteiger partial charge is 0.224 e. The summed E-state index contributed by atoms with van der Waals surface area (Å²) in [5, 5.41) is 7.72. The van der Waals surface area contributed by atoms with Crippen LogP contribution < -0.4 is 5.32 Å². The van der Waals surface area contributed by atoms with E-state index < -0.39 is 0 Å². The second-order valence-electron chi connectivity index (χ2n) is 3.51. The Morgan fingerprint density at radius 1 is 1.41 bits per heavy atom. The normalized spacial score (nSPS) is 10.6. The third-order valence-electron chi connectivity index (χ3n) is 2.35. The van der Waals surface area contributed by atoms with Crippen molar-refractivity contribution < 1.29 is 0 Å². The number of nitrogens with one attached hydrogen (secondary N) is 1. The van der Waals surface area contributed by atoms with Gasteiger partial charge in [0, 0.05) is 7.05 Å². The predicted molar refractivity (Wildman–Crippen MR) is 70.9 cm³/mol. The minimum atomic E-state index is 0.460. The SMILES string of the molecule is CNc1ncc(Cl)c(-n2nc(C)c(Br)c2C)n1. The standard InChI is InChI=1S/C10H11BrClN5/c1-5-8(11)6(2)17(16-5)9-7(12)4-14-10(13-3)15-9/h4H,1-3H3,(H,13,14,15). The van der Waals surface area contributed by atoms with E-state index in [-0.39, 0.29) is 0 Å². The van der Waals surface area contributed by atoms with Gasteiger partial charge >= 0.3 is 0 Å². The molecule has 1 N–H and O–H groups in total. The first-order valence-electron chi connectivity index (χ1n) is 4.97. The molecule has 0 aliphatic heterocycles. The van der Waals surface area contributed by atoms with Crippen molar-refractivity contribution >= 4 is 33.5 Å². The summed E-state index contributed by atoms with van der Waals surface area (Å²) in [5.41, 5.74) is 1.84. The van der Waals surface area contributed by atoms with Crippen molar-refractivity contribution in [3.8, 4) is 5.82 Å². The maximum absolute atomic E-state index is 6.09. The Hall–Kier alpha value is -1.14. The number of aryl methyl sites for hydroxylation is 1. The number of hydrogen-bond acceptors (Lipinski definition) is 4. The molecule has 0 amide bonds. The zero-order valence-corrected chi connectivity index (χ0v) is 12.0. The lowest BCUT2D eigenvalue weighted by atomic mass is 10.4. The van der Waals surface area contributed by atoms with Crippen LogP contribution in [0.15, 0.2) is 10.7 Å². The van der Waals surface area contributed by atoms with E-state index in [1.165, 1.54) is 0 Å². The van der Waals surface area contributed by atoms with Crippen molar-refractivity contribution in [1.29, 1.82) is 0 Å². The average Bonchev–Trinajstić information content (AvgIpc) is 2.58. The highest BCUT2D eigenvalue weighted by molar-refractivity contribution is 9.10. The largest absolute Gasteiger partial charge is 0.357 e. The molecular formula is C10H11BrClN5. The van der Waals surface area contributed by atoms with Gasteiger partial charge in [-0.2, -0.15) is 10.1 Å². The summed E-state index contributed by atoms with van der Waals surface area (Å²) in [5.74, 6) is 1.07. The monoisotopic (exact) mass is 315 g/mol. The number of nitrogens with zero attached hydrogens (tertiary/aromatic N) is 4. The quantitative estimate of drug-likeness (QED) is 0.925. The van der Waals surface area contributed by atoms with Crippen LogP contribution in [0.3, 0.4) is 0 Å². The molecule has 2 heterocycles. The van der Waals surface area contributed by atoms with Gasteiger partial charge in [-0.25, -0.2) is 9.67 Å². The first-order chi connectivity index (χ1) is 8.04. The Morgan fingerprint density at radius 2 is 2.12 bits per heavy atom. The lowest BCUT2D eigenvalue weighted by Crippen LogP contribution is -2.06. The fourth-order valence-electron chi connectivity index (χ4n) is 1.46. The minimum Gasteiger partial charge on any atom is -0.357 e. The molecule has 17 heavy (non-hydrogen) atoms. The molecule has 0 unspecified atom stereocenters. The second kappa shape index (κ2) is 4.62. The molecule has 5 nitrogen and oxygen atoms in total. The van der Waals surface area contributed by atoms with Gasteiger partial charge in [-0.05, 0) is 29.8 Å². The van der Waals surface area contributed by atoms with E-state index in [0.717, 1.165) is 15.9 Å². The van der Waals surface area contributed by atoms with Crippen LogP contribution in [-0.2, 0) is 0 Å². The van der Waals surface area contributed by atoms with Crippen molar-refractivity contribution in [1.82, 2.24) is 19.7 Å². The van der Waals surface area contributed by atoms with Crippen LogP contribution in [0.5, 0.6) is 0 Å². The number of halogens is 2. The molecule has 0 aliphatic carbocycles. The van der Waals surface area contributed by atoms with Gasteiger partial charge in [0.05, 0.1) is 22.1 Å². The molecule has 7 heteroatoms. The van der Waals surface area contributed by atoms with Gasteiger partial charge in [-0.1, -0.05) is 11.6 Å². The Bertz CT molecular complexity index is 566. The Balaban J connectivity index is 2.63. The fraction of sp³-hybridized carbons (Fsp3) is 0.300. The van der Waals surface area contributed by atoms with Crippen molar-refractivity contribution in [2.75, 3.05) is 12.4 Å². The van der Waals surface area contributed by atoms with Crippen LogP contribution in [0.1, 0.15) is 11.4 Å². The van der Waals surface area contributed by atoms with Crippen LogP contribution in [0.4, 0.5) is 5.95 Å². The number of rotatable bonds is 2. The van der Waals surface area contributed by atoms with Crippen LogP contribution in [0.2, 0.25) is 5.02 Å². The molecular weight excluding hydrogens is 306 g/mol. The number of anilines is 1. The maximum Gasteiger partial charge on any atom is 0.224 e. The number of aromatic nitrogens is 4. The summed E-state index contributed by atoms with van der Waals surface area (Å²) < 4.78 is 2.66. The van der Waals surface area contributed by atoms with Gasteiger partial charge in [0.2, 0.25) is 5.95 Å². The molecule has 2 rings (SSSR count). The van der Waals surface area contributed by atoms with Gasteiger partial charge in [0.15, 0.2) is 5.82 Å². The molecule has 0 saturated heterocycles. The summed E-state index contributed by atoms with van der Waals surface area (Å²) in [7, 11) is 1.75. The summed E-state index contributed by atoms with van der Waals surface area (Å²) in [6.45, 7) is 3.86. The molecule has 0 saturated carbocycles. The molecule has 0 aliphatic rings. The van der Waals surface area contributed by atoms with Gasteiger partial charge in [-0.15, -0.1) is 0 Å². The highest BCUT2D eigenvalue weighted by atomic mass is 79.9. The van der Waals surface area contributed by atoms with Crippen molar-refractivity contribution in [2.24, 2.45) is 0 Å². The van der Waals surface area contributed by atoms with E-state index >= 15 is 0 Å². The van der Waals surface area contributed by atoms with Crippen LogP contribution >= 0.6 is 27.5 Å².